The van der Waals surface area contributed by atoms with Gasteiger partial charge in [-0.05, 0) is 93.0 Å². The largest absolute Gasteiger partial charge is 0.586 e. The zero-order valence-electron chi connectivity index (χ0n) is 22.1. The van der Waals surface area contributed by atoms with E-state index < -0.39 is 11.9 Å². The van der Waals surface area contributed by atoms with Gasteiger partial charge in [0.1, 0.15) is 10.6 Å². The van der Waals surface area contributed by atoms with Crippen molar-refractivity contribution in [3.8, 4) is 28.6 Å². The molecule has 3 aromatic heterocycles. The lowest BCUT2D eigenvalue weighted by atomic mass is 10.0. The van der Waals surface area contributed by atoms with Crippen LogP contribution in [0.5, 0.6) is 11.5 Å². The Morgan fingerprint density at radius 3 is 2.55 bits per heavy atom. The second-order valence-corrected chi connectivity index (χ2v) is 11.1. The summed E-state index contributed by atoms with van der Waals surface area (Å²) in [5.74, 6) is 0.211. The van der Waals surface area contributed by atoms with Crippen LogP contribution in [0.2, 0.25) is 5.02 Å². The van der Waals surface area contributed by atoms with Crippen molar-refractivity contribution in [2.24, 2.45) is 0 Å². The molecule has 1 N–H and O–H groups in total. The van der Waals surface area contributed by atoms with Gasteiger partial charge in [-0.3, -0.25) is 14.3 Å². The summed E-state index contributed by atoms with van der Waals surface area (Å²) < 4.78 is 37.5. The van der Waals surface area contributed by atoms with E-state index in [4.69, 9.17) is 11.6 Å². The highest BCUT2D eigenvalue weighted by atomic mass is 35.5. The molecule has 2 atom stereocenters. The molecule has 0 unspecified atom stereocenters. The van der Waals surface area contributed by atoms with Crippen LogP contribution < -0.4 is 15.0 Å². The van der Waals surface area contributed by atoms with E-state index in [2.05, 4.69) is 24.4 Å². The molecule has 2 aliphatic rings. The third kappa shape index (κ3) is 4.61. The monoisotopic (exact) mass is 566 g/mol. The van der Waals surface area contributed by atoms with Crippen molar-refractivity contribution >= 4 is 11.6 Å². The highest BCUT2D eigenvalue weighted by Gasteiger charge is 2.46. The Labute approximate surface area is 233 Å². The first-order valence-electron chi connectivity index (χ1n) is 12.7. The molecule has 0 radical (unpaired) electrons. The molecule has 4 aromatic rings. The average Bonchev–Trinajstić information content (AvgIpc) is 3.62. The van der Waals surface area contributed by atoms with E-state index in [1.54, 1.807) is 55.1 Å². The Kier molecular flexibility index (Phi) is 5.97. The number of alkyl halides is 2. The van der Waals surface area contributed by atoms with Gasteiger partial charge in [-0.25, -0.2) is 9.97 Å². The molecule has 0 saturated heterocycles. The molecule has 11 heteroatoms. The van der Waals surface area contributed by atoms with E-state index in [9.17, 15) is 18.7 Å². The fourth-order valence-corrected chi connectivity index (χ4v) is 5.38. The van der Waals surface area contributed by atoms with Gasteiger partial charge in [-0.1, -0.05) is 17.7 Å². The fraction of sp³-hybridized carbons (Fsp3) is 0.310. The predicted molar refractivity (Wildman–Crippen MR) is 143 cm³/mol. The Bertz CT molecular complexity index is 1730. The lowest BCUT2D eigenvalue weighted by Gasteiger charge is -2.17. The molecule has 0 bridgehead atoms. The summed E-state index contributed by atoms with van der Waals surface area (Å²) in [6.07, 6.45) is 0.251. The maximum atomic E-state index is 13.6. The van der Waals surface area contributed by atoms with Gasteiger partial charge in [-0.15, -0.1) is 8.78 Å². The fourth-order valence-electron chi connectivity index (χ4n) is 5.10. The minimum Gasteiger partial charge on any atom is -0.395 e. The van der Waals surface area contributed by atoms with Crippen molar-refractivity contribution in [1.29, 1.82) is 0 Å². The smallest absolute Gasteiger partial charge is 0.395 e. The van der Waals surface area contributed by atoms with Crippen LogP contribution in [-0.2, 0) is 5.60 Å². The second-order valence-electron chi connectivity index (χ2n) is 10.7. The van der Waals surface area contributed by atoms with Gasteiger partial charge in [0.05, 0.1) is 17.1 Å². The molecule has 8 nitrogen and oxygen atoms in total. The summed E-state index contributed by atoms with van der Waals surface area (Å²) >= 11 is 6.68. The van der Waals surface area contributed by atoms with Crippen LogP contribution in [0.3, 0.4) is 0 Å². The number of rotatable bonds is 5. The molecule has 1 aliphatic heterocycles. The molecular formula is C29H25ClF2N4O4. The number of pyridine rings is 2. The van der Waals surface area contributed by atoms with Gasteiger partial charge < -0.3 is 14.6 Å². The number of aromatic nitrogens is 4. The quantitative estimate of drug-likeness (QED) is 0.327. The van der Waals surface area contributed by atoms with Crippen molar-refractivity contribution in [2.75, 3.05) is 0 Å². The van der Waals surface area contributed by atoms with E-state index in [1.807, 2.05) is 19.9 Å². The second kappa shape index (κ2) is 9.07. The molecule has 4 heterocycles. The predicted octanol–water partition coefficient (Wildman–Crippen LogP) is 5.78. The lowest BCUT2D eigenvalue weighted by Crippen LogP contribution is -2.25. The van der Waals surface area contributed by atoms with Gasteiger partial charge in [0.15, 0.2) is 17.3 Å². The van der Waals surface area contributed by atoms with Crippen molar-refractivity contribution in [3.05, 3.63) is 92.4 Å². The topological polar surface area (TPSA) is 99.4 Å². The molecule has 0 amide bonds. The van der Waals surface area contributed by atoms with Gasteiger partial charge in [0.25, 0.3) is 5.56 Å². The number of halogens is 3. The number of benzene rings is 1. The van der Waals surface area contributed by atoms with Crippen LogP contribution in [0.1, 0.15) is 60.3 Å². The average molecular weight is 567 g/mol. The Morgan fingerprint density at radius 2 is 1.80 bits per heavy atom. The normalized spacial score (nSPS) is 19.1. The maximum absolute atomic E-state index is 13.6. The van der Waals surface area contributed by atoms with Crippen molar-refractivity contribution in [1.82, 2.24) is 19.5 Å². The Hall–Kier alpha value is -3.89. The lowest BCUT2D eigenvalue weighted by molar-refractivity contribution is -0.286. The number of aryl methyl sites for hydroxylation is 2. The van der Waals surface area contributed by atoms with Gasteiger partial charge in [0.2, 0.25) is 0 Å². The summed E-state index contributed by atoms with van der Waals surface area (Å²) in [4.78, 5) is 26.7. The zero-order valence-corrected chi connectivity index (χ0v) is 22.8. The number of aliphatic hydroxyl groups is 1. The van der Waals surface area contributed by atoms with Crippen LogP contribution in [0.15, 0.2) is 53.6 Å². The highest BCUT2D eigenvalue weighted by molar-refractivity contribution is 6.31. The first-order chi connectivity index (χ1) is 18.8. The Morgan fingerprint density at radius 1 is 1.05 bits per heavy atom. The summed E-state index contributed by atoms with van der Waals surface area (Å²) in [5, 5.41) is 10.4. The summed E-state index contributed by atoms with van der Waals surface area (Å²) in [5.41, 5.74) is 2.99. The number of nitrogens with zero attached hydrogens (tertiary/aromatic N) is 4. The molecule has 0 spiro atoms. The molecule has 40 heavy (non-hydrogen) atoms. The first-order valence-corrected chi connectivity index (χ1v) is 13.1. The van der Waals surface area contributed by atoms with Crippen LogP contribution in [-0.4, -0.2) is 30.9 Å². The highest BCUT2D eigenvalue weighted by Crippen LogP contribution is 2.57. The Balaban J connectivity index is 1.33. The third-order valence-corrected chi connectivity index (χ3v) is 7.57. The van der Waals surface area contributed by atoms with Gasteiger partial charge in [-0.2, -0.15) is 0 Å². The van der Waals surface area contributed by atoms with E-state index in [1.165, 1.54) is 6.07 Å². The SMILES string of the molecule is Cc1cnc(-c2ccnc(C(C)(C)O)n2)cc1-n1c(C)cc([C@H]2C[C@@H]2c2ccc3c(c2)OC(F)(F)O3)c(Cl)c1=O. The first kappa shape index (κ1) is 26.3. The third-order valence-electron chi connectivity index (χ3n) is 7.19. The summed E-state index contributed by atoms with van der Waals surface area (Å²) in [6.45, 7) is 6.88. The molecule has 1 saturated carbocycles. The number of ether oxygens (including phenoxy) is 2. The number of fused-ring (bicyclic) bond motifs is 1. The van der Waals surface area contributed by atoms with Gasteiger partial charge in [0, 0.05) is 18.1 Å². The van der Waals surface area contributed by atoms with Crippen LogP contribution >= 0.6 is 11.6 Å². The summed E-state index contributed by atoms with van der Waals surface area (Å²) in [6, 6.07) is 10.1. The standard InChI is InChI=1S/C29H25ClF2N4O4/c1-14-13-34-21(20-7-8-33-27(35-20)28(3,4)38)12-22(14)36-15(2)9-19(25(30)26(36)37)18-11-17(18)16-5-6-23-24(10-16)40-29(31,32)39-23/h5-10,12-13,17-18,38H,11H2,1-4H3/t17-,18+/m1/s1. The minimum absolute atomic E-state index is 0.00632. The van der Waals surface area contributed by atoms with Gasteiger partial charge >= 0.3 is 6.29 Å². The molecule has 1 aliphatic carbocycles. The van der Waals surface area contributed by atoms with E-state index in [-0.39, 0.29) is 39.7 Å². The van der Waals surface area contributed by atoms with Crippen molar-refractivity contribution < 1.29 is 23.4 Å². The van der Waals surface area contributed by atoms with Crippen molar-refractivity contribution in [2.45, 2.75) is 57.8 Å². The maximum Gasteiger partial charge on any atom is 0.586 e. The molecule has 1 fully saturated rings. The van der Waals surface area contributed by atoms with Crippen LogP contribution in [0.4, 0.5) is 8.78 Å². The molecule has 1 aromatic carbocycles. The number of hydrogen-bond acceptors (Lipinski definition) is 7. The van der Waals surface area contributed by atoms with Crippen LogP contribution in [0.25, 0.3) is 17.1 Å². The van der Waals surface area contributed by atoms with Crippen molar-refractivity contribution in [3.63, 3.8) is 0 Å². The molecule has 6 rings (SSSR count). The van der Waals surface area contributed by atoms with E-state index >= 15 is 0 Å². The minimum atomic E-state index is -3.68. The van der Waals surface area contributed by atoms with E-state index in [0.29, 0.717) is 34.8 Å². The molecular weight excluding hydrogens is 542 g/mol. The number of hydrogen-bond donors (Lipinski definition) is 1. The van der Waals surface area contributed by atoms with E-state index in [0.717, 1.165) is 11.1 Å². The van der Waals surface area contributed by atoms with Crippen LogP contribution in [0, 0.1) is 13.8 Å². The zero-order chi connectivity index (χ0) is 28.6. The summed E-state index contributed by atoms with van der Waals surface area (Å²) in [7, 11) is 0. The molecule has 206 valence electrons.